The van der Waals surface area contributed by atoms with Gasteiger partial charge in [0.1, 0.15) is 11.3 Å². The number of benzene rings is 2. The molecule has 3 aromatic rings. The summed E-state index contributed by atoms with van der Waals surface area (Å²) in [7, 11) is 1.60. The largest absolute Gasteiger partial charge is 0.497 e. The van der Waals surface area contributed by atoms with Crippen LogP contribution in [0, 0.1) is 0 Å². The van der Waals surface area contributed by atoms with Crippen LogP contribution in [0.3, 0.4) is 0 Å². The second-order valence-corrected chi connectivity index (χ2v) is 5.24. The van der Waals surface area contributed by atoms with E-state index in [1.165, 1.54) is 0 Å². The van der Waals surface area contributed by atoms with Gasteiger partial charge in [-0.1, -0.05) is 23.7 Å². The van der Waals surface area contributed by atoms with Crippen molar-refractivity contribution in [1.82, 2.24) is 0 Å². The Kier molecular flexibility index (Phi) is 4.02. The van der Waals surface area contributed by atoms with Gasteiger partial charge in [-0.2, -0.15) is 0 Å². The molecule has 2 aromatic carbocycles. The maximum Gasteiger partial charge on any atom is 0.228 e. The van der Waals surface area contributed by atoms with Crippen molar-refractivity contribution in [2.75, 3.05) is 12.4 Å². The third-order valence-corrected chi connectivity index (χ3v) is 3.69. The Bertz CT molecular complexity index is 826. The van der Waals surface area contributed by atoms with Crippen LogP contribution in [0.2, 0.25) is 5.02 Å². The number of nitrogens with one attached hydrogen (secondary N) is 1. The zero-order chi connectivity index (χ0) is 15.5. The van der Waals surface area contributed by atoms with Crippen molar-refractivity contribution in [2.45, 2.75) is 6.42 Å². The van der Waals surface area contributed by atoms with Crippen LogP contribution in [-0.4, -0.2) is 13.0 Å². The summed E-state index contributed by atoms with van der Waals surface area (Å²) >= 11 is 6.03. The van der Waals surface area contributed by atoms with Crippen molar-refractivity contribution in [1.29, 1.82) is 0 Å². The zero-order valence-corrected chi connectivity index (χ0v) is 12.7. The number of methoxy groups -OCH3 is 1. The normalized spacial score (nSPS) is 10.6. The van der Waals surface area contributed by atoms with E-state index in [0.29, 0.717) is 22.0 Å². The lowest BCUT2D eigenvalue weighted by atomic mass is 10.1. The highest BCUT2D eigenvalue weighted by molar-refractivity contribution is 6.33. The van der Waals surface area contributed by atoms with Crippen LogP contribution in [0.15, 0.2) is 53.1 Å². The summed E-state index contributed by atoms with van der Waals surface area (Å²) in [6.45, 7) is 0. The van der Waals surface area contributed by atoms with E-state index in [1.54, 1.807) is 31.6 Å². The highest BCUT2D eigenvalue weighted by atomic mass is 35.5. The van der Waals surface area contributed by atoms with Crippen molar-refractivity contribution >= 4 is 34.2 Å². The van der Waals surface area contributed by atoms with Gasteiger partial charge in [0.05, 0.1) is 30.5 Å². The first-order chi connectivity index (χ1) is 10.7. The van der Waals surface area contributed by atoms with Gasteiger partial charge < -0.3 is 14.5 Å². The molecule has 0 radical (unpaired) electrons. The summed E-state index contributed by atoms with van der Waals surface area (Å²) < 4.78 is 10.6. The molecule has 4 nitrogen and oxygen atoms in total. The number of anilines is 1. The molecule has 1 N–H and O–H groups in total. The van der Waals surface area contributed by atoms with Crippen molar-refractivity contribution in [2.24, 2.45) is 0 Å². The molecule has 0 aliphatic carbocycles. The van der Waals surface area contributed by atoms with Crippen LogP contribution in [0.4, 0.5) is 5.69 Å². The number of carbonyl (C=O) groups excluding carboxylic acids is 1. The number of rotatable bonds is 4. The summed E-state index contributed by atoms with van der Waals surface area (Å²) in [5.74, 6) is 0.570. The lowest BCUT2D eigenvalue weighted by Gasteiger charge is -2.06. The first-order valence-corrected chi connectivity index (χ1v) is 7.13. The van der Waals surface area contributed by atoms with Crippen LogP contribution in [0.1, 0.15) is 5.56 Å². The molecule has 1 heterocycles. The molecular weight excluding hydrogens is 302 g/mol. The lowest BCUT2D eigenvalue weighted by Crippen LogP contribution is -2.14. The van der Waals surface area contributed by atoms with E-state index < -0.39 is 0 Å². The Morgan fingerprint density at radius 2 is 2.09 bits per heavy atom. The molecule has 0 atom stereocenters. The second kappa shape index (κ2) is 6.12. The van der Waals surface area contributed by atoms with Crippen LogP contribution < -0.4 is 10.1 Å². The molecule has 0 bridgehead atoms. The number of hydrogen-bond acceptors (Lipinski definition) is 3. The number of carbonyl (C=O) groups is 1. The molecule has 0 fully saturated rings. The molecule has 0 spiro atoms. The van der Waals surface area contributed by atoms with Gasteiger partial charge in [0.25, 0.3) is 0 Å². The lowest BCUT2D eigenvalue weighted by molar-refractivity contribution is -0.115. The fraction of sp³-hybridized carbons (Fsp3) is 0.118. The van der Waals surface area contributed by atoms with Gasteiger partial charge in [-0.15, -0.1) is 0 Å². The van der Waals surface area contributed by atoms with Crippen LogP contribution in [-0.2, 0) is 11.2 Å². The van der Waals surface area contributed by atoms with Crippen molar-refractivity contribution in [3.8, 4) is 5.75 Å². The predicted molar refractivity (Wildman–Crippen MR) is 86.6 cm³/mol. The standard InChI is InChI=1S/C17H14ClNO3/c1-21-12-6-7-13-11(10-22-16(13)9-12)8-17(20)19-15-5-3-2-4-14(15)18/h2-7,9-10H,8H2,1H3,(H,19,20). The minimum Gasteiger partial charge on any atom is -0.497 e. The Hall–Kier alpha value is -2.46. The van der Waals surface area contributed by atoms with Gasteiger partial charge in [0, 0.05) is 17.0 Å². The van der Waals surface area contributed by atoms with Crippen LogP contribution in [0.5, 0.6) is 5.75 Å². The first kappa shape index (κ1) is 14.5. The van der Waals surface area contributed by atoms with Crippen molar-refractivity contribution in [3.05, 3.63) is 59.3 Å². The molecule has 22 heavy (non-hydrogen) atoms. The topological polar surface area (TPSA) is 51.5 Å². The number of para-hydroxylation sites is 1. The number of hydrogen-bond donors (Lipinski definition) is 1. The highest BCUT2D eigenvalue weighted by Crippen LogP contribution is 2.26. The number of amides is 1. The number of fused-ring (bicyclic) bond motifs is 1. The molecule has 0 saturated carbocycles. The van der Waals surface area contributed by atoms with Gasteiger partial charge >= 0.3 is 0 Å². The monoisotopic (exact) mass is 315 g/mol. The average Bonchev–Trinajstić information content (AvgIpc) is 2.91. The first-order valence-electron chi connectivity index (χ1n) is 6.76. The molecule has 0 saturated heterocycles. The van der Waals surface area contributed by atoms with E-state index in [0.717, 1.165) is 10.9 Å². The van der Waals surface area contributed by atoms with Crippen LogP contribution >= 0.6 is 11.6 Å². The zero-order valence-electron chi connectivity index (χ0n) is 11.9. The van der Waals surface area contributed by atoms with Crippen molar-refractivity contribution in [3.63, 3.8) is 0 Å². The summed E-state index contributed by atoms with van der Waals surface area (Å²) in [6.07, 6.45) is 1.81. The maximum atomic E-state index is 12.2. The highest BCUT2D eigenvalue weighted by Gasteiger charge is 2.12. The Labute approximate surface area is 132 Å². The van der Waals surface area contributed by atoms with Gasteiger partial charge in [-0.25, -0.2) is 0 Å². The number of ether oxygens (including phenoxy) is 1. The number of furan rings is 1. The molecule has 5 heteroatoms. The van der Waals surface area contributed by atoms with E-state index >= 15 is 0 Å². The van der Waals surface area contributed by atoms with Crippen molar-refractivity contribution < 1.29 is 13.9 Å². The van der Waals surface area contributed by atoms with E-state index in [1.807, 2.05) is 24.3 Å². The smallest absolute Gasteiger partial charge is 0.228 e. The van der Waals surface area contributed by atoms with E-state index in [-0.39, 0.29) is 12.3 Å². The summed E-state index contributed by atoms with van der Waals surface area (Å²) in [6, 6.07) is 12.7. The molecule has 0 aliphatic heterocycles. The Morgan fingerprint density at radius 1 is 1.27 bits per heavy atom. The molecule has 1 aromatic heterocycles. The molecule has 112 valence electrons. The second-order valence-electron chi connectivity index (χ2n) is 4.83. The van der Waals surface area contributed by atoms with Gasteiger partial charge in [0.2, 0.25) is 5.91 Å². The summed E-state index contributed by atoms with van der Waals surface area (Å²) in [5, 5.41) is 4.21. The fourth-order valence-corrected chi connectivity index (χ4v) is 2.44. The maximum absolute atomic E-state index is 12.2. The van der Waals surface area contributed by atoms with Gasteiger partial charge in [-0.05, 0) is 24.3 Å². The van der Waals surface area contributed by atoms with E-state index in [9.17, 15) is 4.79 Å². The Morgan fingerprint density at radius 3 is 2.86 bits per heavy atom. The molecule has 0 aliphatic rings. The molecule has 1 amide bonds. The van der Waals surface area contributed by atoms with Gasteiger partial charge in [0.15, 0.2) is 0 Å². The molecule has 0 unspecified atom stereocenters. The predicted octanol–water partition coefficient (Wildman–Crippen LogP) is 4.28. The average molecular weight is 316 g/mol. The third-order valence-electron chi connectivity index (χ3n) is 3.36. The quantitative estimate of drug-likeness (QED) is 0.782. The summed E-state index contributed by atoms with van der Waals surface area (Å²) in [4.78, 5) is 12.2. The third kappa shape index (κ3) is 2.92. The van der Waals surface area contributed by atoms with E-state index in [2.05, 4.69) is 5.32 Å². The summed E-state index contributed by atoms with van der Waals surface area (Å²) in [5.41, 5.74) is 2.12. The molecular formula is C17H14ClNO3. The van der Waals surface area contributed by atoms with Crippen LogP contribution in [0.25, 0.3) is 11.0 Å². The van der Waals surface area contributed by atoms with Gasteiger partial charge in [-0.3, -0.25) is 4.79 Å². The minimum absolute atomic E-state index is 0.147. The Balaban J connectivity index is 1.78. The fourth-order valence-electron chi connectivity index (χ4n) is 2.26. The number of halogens is 1. The minimum atomic E-state index is -0.147. The molecule has 3 rings (SSSR count). The SMILES string of the molecule is COc1ccc2c(CC(=O)Nc3ccccc3Cl)coc2c1. The van der Waals surface area contributed by atoms with E-state index in [4.69, 9.17) is 20.8 Å².